The van der Waals surface area contributed by atoms with Gasteiger partial charge >= 0.3 is 0 Å². The molecule has 30 heavy (non-hydrogen) atoms. The van der Waals surface area contributed by atoms with Gasteiger partial charge in [-0.25, -0.2) is 8.78 Å². The molecule has 4 rings (SSSR count). The highest BCUT2D eigenvalue weighted by atomic mass is 19.1. The predicted molar refractivity (Wildman–Crippen MR) is 108 cm³/mol. The van der Waals surface area contributed by atoms with Gasteiger partial charge in [-0.05, 0) is 30.2 Å². The molecule has 0 saturated carbocycles. The van der Waals surface area contributed by atoms with Crippen LogP contribution in [0.15, 0.2) is 48.9 Å². The molecule has 1 aliphatic rings. The Morgan fingerprint density at radius 3 is 2.77 bits per heavy atom. The summed E-state index contributed by atoms with van der Waals surface area (Å²) in [5, 5.41) is 7.37. The predicted octanol–water partition coefficient (Wildman–Crippen LogP) is 3.01. The number of nitrogens with zero attached hydrogens (tertiary/aromatic N) is 4. The fourth-order valence-electron chi connectivity index (χ4n) is 3.75. The number of hydrogen-bond donors (Lipinski definition) is 1. The molecule has 0 bridgehead atoms. The number of rotatable bonds is 6. The first-order valence-electron chi connectivity index (χ1n) is 9.85. The molecule has 0 spiro atoms. The number of hydrogen-bond acceptors (Lipinski definition) is 4. The lowest BCUT2D eigenvalue weighted by Gasteiger charge is -2.47. The van der Waals surface area contributed by atoms with Crippen molar-refractivity contribution >= 4 is 5.91 Å². The first-order chi connectivity index (χ1) is 14.4. The third kappa shape index (κ3) is 4.09. The van der Waals surface area contributed by atoms with Gasteiger partial charge in [0.25, 0.3) is 5.91 Å². The monoisotopic (exact) mass is 411 g/mol. The third-order valence-electron chi connectivity index (χ3n) is 5.34. The highest BCUT2D eigenvalue weighted by Gasteiger charge is 2.39. The van der Waals surface area contributed by atoms with E-state index in [4.69, 9.17) is 0 Å². The Hall–Kier alpha value is -3.13. The molecular formula is C22H23F2N5O. The van der Waals surface area contributed by atoms with Crippen molar-refractivity contribution in [2.75, 3.05) is 13.1 Å². The number of carbonyl (C=O) groups excluding carboxylic acids is 1. The van der Waals surface area contributed by atoms with Crippen molar-refractivity contribution in [2.24, 2.45) is 13.0 Å². The van der Waals surface area contributed by atoms with Crippen LogP contribution in [0.3, 0.4) is 0 Å². The Morgan fingerprint density at radius 2 is 2.10 bits per heavy atom. The van der Waals surface area contributed by atoms with E-state index in [1.165, 1.54) is 30.6 Å². The Morgan fingerprint density at radius 1 is 1.27 bits per heavy atom. The van der Waals surface area contributed by atoms with Crippen LogP contribution in [-0.4, -0.2) is 44.8 Å². The summed E-state index contributed by atoms with van der Waals surface area (Å²) in [4.78, 5) is 18.7. The van der Waals surface area contributed by atoms with E-state index in [-0.39, 0.29) is 35.1 Å². The number of carbonyl (C=O) groups is 1. The molecule has 1 N–H and O–H groups in total. The van der Waals surface area contributed by atoms with Crippen molar-refractivity contribution in [1.82, 2.24) is 25.0 Å². The van der Waals surface area contributed by atoms with Crippen molar-refractivity contribution in [1.29, 1.82) is 0 Å². The number of aryl methyl sites for hydroxylation is 1. The van der Waals surface area contributed by atoms with Crippen molar-refractivity contribution in [3.63, 3.8) is 0 Å². The largest absolute Gasteiger partial charge is 0.322 e. The molecule has 1 fully saturated rings. The smallest absolute Gasteiger partial charge is 0.256 e. The summed E-state index contributed by atoms with van der Waals surface area (Å²) < 4.78 is 29.4. The van der Waals surface area contributed by atoms with Crippen LogP contribution in [0.25, 0.3) is 11.3 Å². The standard InChI is InChI=1S/C22H23F2N5O/c1-14-12-29(21(14)25-7-6-15-4-3-5-18(23)8-15)22(30)16-9-19(24)20(26-10-16)17-11-27-28(2)13-17/h3-5,8-11,13-14,21,25H,6-7,12H2,1-2H3. The van der Waals surface area contributed by atoms with Crippen LogP contribution in [0.4, 0.5) is 8.78 Å². The van der Waals surface area contributed by atoms with Crippen molar-refractivity contribution < 1.29 is 13.6 Å². The zero-order valence-electron chi connectivity index (χ0n) is 16.8. The lowest BCUT2D eigenvalue weighted by Crippen LogP contribution is -2.64. The Bertz CT molecular complexity index is 1070. The van der Waals surface area contributed by atoms with Crippen LogP contribution < -0.4 is 5.32 Å². The molecule has 1 aromatic carbocycles. The van der Waals surface area contributed by atoms with Gasteiger partial charge in [-0.3, -0.25) is 19.8 Å². The fourth-order valence-corrected chi connectivity index (χ4v) is 3.75. The van der Waals surface area contributed by atoms with Gasteiger partial charge in [0.2, 0.25) is 0 Å². The second-order valence-electron chi connectivity index (χ2n) is 7.67. The van der Waals surface area contributed by atoms with E-state index >= 15 is 0 Å². The summed E-state index contributed by atoms with van der Waals surface area (Å²) in [5.41, 5.74) is 1.83. The maximum absolute atomic E-state index is 14.6. The average Bonchev–Trinajstić information content (AvgIpc) is 3.14. The molecule has 1 amide bonds. The van der Waals surface area contributed by atoms with E-state index in [0.29, 0.717) is 25.1 Å². The number of amides is 1. The SMILES string of the molecule is CC1CN(C(=O)c2cnc(-c3cnn(C)c3)c(F)c2)C1NCCc1cccc(F)c1. The normalized spacial score (nSPS) is 18.3. The van der Waals surface area contributed by atoms with Crippen molar-refractivity contribution in [2.45, 2.75) is 19.5 Å². The maximum Gasteiger partial charge on any atom is 0.256 e. The van der Waals surface area contributed by atoms with Crippen molar-refractivity contribution in [3.8, 4) is 11.3 Å². The summed E-state index contributed by atoms with van der Waals surface area (Å²) in [7, 11) is 1.74. The van der Waals surface area contributed by atoms with Gasteiger partial charge in [-0.2, -0.15) is 5.10 Å². The summed E-state index contributed by atoms with van der Waals surface area (Å²) in [5.74, 6) is -0.807. The molecule has 1 saturated heterocycles. The lowest BCUT2D eigenvalue weighted by molar-refractivity contribution is 0.00760. The molecule has 156 valence electrons. The van der Waals surface area contributed by atoms with Crippen LogP contribution in [0, 0.1) is 17.6 Å². The maximum atomic E-state index is 14.6. The molecule has 0 aliphatic carbocycles. The molecule has 8 heteroatoms. The topological polar surface area (TPSA) is 63.1 Å². The van der Waals surface area contributed by atoms with Gasteiger partial charge in [0.1, 0.15) is 17.3 Å². The minimum Gasteiger partial charge on any atom is -0.322 e. The van der Waals surface area contributed by atoms with Crippen LogP contribution in [0.5, 0.6) is 0 Å². The number of benzene rings is 1. The average molecular weight is 411 g/mol. The van der Waals surface area contributed by atoms with E-state index in [9.17, 15) is 13.6 Å². The minimum absolute atomic E-state index is 0.146. The fraction of sp³-hybridized carbons (Fsp3) is 0.318. The molecule has 3 heterocycles. The molecule has 2 atom stereocenters. The molecule has 3 aromatic rings. The first kappa shape index (κ1) is 20.2. The number of halogens is 2. The van der Waals surface area contributed by atoms with E-state index < -0.39 is 5.82 Å². The zero-order valence-corrected chi connectivity index (χ0v) is 16.8. The van der Waals surface area contributed by atoms with Gasteiger partial charge in [-0.15, -0.1) is 0 Å². The number of nitrogens with one attached hydrogen (secondary N) is 1. The Balaban J connectivity index is 1.40. The van der Waals surface area contributed by atoms with Crippen LogP contribution in [0.2, 0.25) is 0 Å². The van der Waals surface area contributed by atoms with Crippen LogP contribution >= 0.6 is 0 Å². The van der Waals surface area contributed by atoms with E-state index in [0.717, 1.165) is 5.56 Å². The Labute approximate surface area is 173 Å². The summed E-state index contributed by atoms with van der Waals surface area (Å²) in [6.45, 7) is 3.24. The quantitative estimate of drug-likeness (QED) is 0.677. The molecular weight excluding hydrogens is 388 g/mol. The molecule has 2 unspecified atom stereocenters. The number of likely N-dealkylation sites (tertiary alicyclic amines) is 1. The van der Waals surface area contributed by atoms with Crippen molar-refractivity contribution in [3.05, 3.63) is 71.7 Å². The van der Waals surface area contributed by atoms with E-state index in [2.05, 4.69) is 15.4 Å². The van der Waals surface area contributed by atoms with Gasteiger partial charge in [0, 0.05) is 44.0 Å². The highest BCUT2D eigenvalue weighted by Crippen LogP contribution is 2.26. The summed E-state index contributed by atoms with van der Waals surface area (Å²) in [6.07, 6.45) is 5.11. The molecule has 2 aromatic heterocycles. The number of aromatic nitrogens is 3. The first-order valence-corrected chi connectivity index (χ1v) is 9.85. The van der Waals surface area contributed by atoms with E-state index in [1.54, 1.807) is 28.9 Å². The molecule has 6 nitrogen and oxygen atoms in total. The Kier molecular flexibility index (Phi) is 5.59. The molecule has 0 radical (unpaired) electrons. The van der Waals surface area contributed by atoms with Gasteiger partial charge < -0.3 is 4.90 Å². The molecule has 1 aliphatic heterocycles. The number of pyridine rings is 1. The second kappa shape index (κ2) is 8.31. The second-order valence-corrected chi connectivity index (χ2v) is 7.67. The highest BCUT2D eigenvalue weighted by molar-refractivity contribution is 5.95. The van der Waals surface area contributed by atoms with Gasteiger partial charge in [0.15, 0.2) is 0 Å². The zero-order chi connectivity index (χ0) is 21.3. The van der Waals surface area contributed by atoms with E-state index in [1.807, 2.05) is 13.0 Å². The van der Waals surface area contributed by atoms with Gasteiger partial charge in [0.05, 0.1) is 17.9 Å². The summed E-state index contributed by atoms with van der Waals surface area (Å²) >= 11 is 0. The minimum atomic E-state index is -0.557. The van der Waals surface area contributed by atoms with Crippen LogP contribution in [0.1, 0.15) is 22.8 Å². The summed E-state index contributed by atoms with van der Waals surface area (Å²) in [6, 6.07) is 7.70. The lowest BCUT2D eigenvalue weighted by atomic mass is 9.95. The van der Waals surface area contributed by atoms with Gasteiger partial charge in [-0.1, -0.05) is 19.1 Å². The van der Waals surface area contributed by atoms with Crippen LogP contribution in [-0.2, 0) is 13.5 Å². The third-order valence-corrected chi connectivity index (χ3v) is 5.34.